The predicted molar refractivity (Wildman–Crippen MR) is 74.3 cm³/mol. The minimum Gasteiger partial charge on any atom is -0.454 e. The van der Waals surface area contributed by atoms with Gasteiger partial charge in [0.15, 0.2) is 11.6 Å². The van der Waals surface area contributed by atoms with E-state index in [4.69, 9.17) is 9.84 Å². The predicted octanol–water partition coefficient (Wildman–Crippen LogP) is 3.21. The summed E-state index contributed by atoms with van der Waals surface area (Å²) in [6.45, 7) is 1.58. The van der Waals surface area contributed by atoms with Crippen molar-refractivity contribution in [2.45, 2.75) is 19.4 Å². The highest BCUT2D eigenvalue weighted by Crippen LogP contribution is 2.29. The molecule has 0 aliphatic heterocycles. The lowest BCUT2D eigenvalue weighted by molar-refractivity contribution is 0.198. The first-order chi connectivity index (χ1) is 9.61. The minimum absolute atomic E-state index is 0.00379. The van der Waals surface area contributed by atoms with Gasteiger partial charge in [0.05, 0.1) is 6.10 Å². The first kappa shape index (κ1) is 14.5. The van der Waals surface area contributed by atoms with Crippen LogP contribution >= 0.6 is 0 Å². The molecule has 2 aromatic rings. The maximum Gasteiger partial charge on any atom is 0.166 e. The van der Waals surface area contributed by atoms with Crippen molar-refractivity contribution in [1.29, 1.82) is 0 Å². The van der Waals surface area contributed by atoms with Crippen LogP contribution in [0.3, 0.4) is 0 Å². The van der Waals surface area contributed by atoms with Crippen LogP contribution in [0.25, 0.3) is 0 Å². The molecule has 0 aliphatic carbocycles. The number of aliphatic hydroxyl groups is 2. The maximum atomic E-state index is 13.9. The molecule has 2 aromatic carbocycles. The smallest absolute Gasteiger partial charge is 0.166 e. The molecule has 0 unspecified atom stereocenters. The molecule has 0 saturated heterocycles. The molecule has 0 bridgehead atoms. The summed E-state index contributed by atoms with van der Waals surface area (Å²) in [6, 6.07) is 11.6. The summed E-state index contributed by atoms with van der Waals surface area (Å²) in [6.07, 6.45) is -0.274. The third kappa shape index (κ3) is 3.35. The monoisotopic (exact) mass is 276 g/mol. The Kier molecular flexibility index (Phi) is 4.71. The summed E-state index contributed by atoms with van der Waals surface area (Å²) < 4.78 is 19.5. The Bertz CT molecular complexity index is 582. The van der Waals surface area contributed by atoms with Crippen LogP contribution in [0.5, 0.6) is 11.5 Å². The molecule has 4 heteroatoms. The molecule has 0 heterocycles. The summed E-state index contributed by atoms with van der Waals surface area (Å²) in [5.41, 5.74) is 1.31. The van der Waals surface area contributed by atoms with Crippen LogP contribution in [0.1, 0.15) is 24.2 Å². The fraction of sp³-hybridized carbons (Fsp3) is 0.250. The van der Waals surface area contributed by atoms with E-state index in [9.17, 15) is 9.50 Å². The maximum absolute atomic E-state index is 13.9. The van der Waals surface area contributed by atoms with E-state index in [1.54, 1.807) is 25.1 Å². The van der Waals surface area contributed by atoms with E-state index >= 15 is 0 Å². The van der Waals surface area contributed by atoms with Crippen molar-refractivity contribution < 1.29 is 19.3 Å². The fourth-order valence-electron chi connectivity index (χ4n) is 1.91. The molecule has 0 saturated carbocycles. The molecule has 0 spiro atoms. The lowest BCUT2D eigenvalue weighted by atomic mass is 10.1. The van der Waals surface area contributed by atoms with Crippen LogP contribution in [0.4, 0.5) is 4.39 Å². The minimum atomic E-state index is -0.722. The molecule has 3 nitrogen and oxygen atoms in total. The second kappa shape index (κ2) is 6.50. The van der Waals surface area contributed by atoms with Crippen LogP contribution in [0.2, 0.25) is 0 Å². The van der Waals surface area contributed by atoms with Crippen molar-refractivity contribution in [2.75, 3.05) is 6.61 Å². The number of halogens is 1. The molecule has 0 aromatic heterocycles. The van der Waals surface area contributed by atoms with Gasteiger partial charge in [0, 0.05) is 6.61 Å². The molecule has 0 fully saturated rings. The number of benzene rings is 2. The van der Waals surface area contributed by atoms with Crippen molar-refractivity contribution >= 4 is 0 Å². The van der Waals surface area contributed by atoms with Gasteiger partial charge in [0.2, 0.25) is 0 Å². The van der Waals surface area contributed by atoms with E-state index in [0.717, 1.165) is 5.56 Å². The van der Waals surface area contributed by atoms with Gasteiger partial charge < -0.3 is 14.9 Å². The van der Waals surface area contributed by atoms with Crippen LogP contribution in [-0.2, 0) is 6.42 Å². The average Bonchev–Trinajstić information content (AvgIpc) is 2.43. The topological polar surface area (TPSA) is 49.7 Å². The molecule has 0 aliphatic rings. The van der Waals surface area contributed by atoms with Gasteiger partial charge in [-0.15, -0.1) is 0 Å². The number of ether oxygens (including phenoxy) is 1. The first-order valence-corrected chi connectivity index (χ1v) is 6.46. The van der Waals surface area contributed by atoms with E-state index < -0.39 is 11.9 Å². The van der Waals surface area contributed by atoms with Gasteiger partial charge in [-0.25, -0.2) is 4.39 Å². The molecule has 2 N–H and O–H groups in total. The van der Waals surface area contributed by atoms with Gasteiger partial charge in [-0.2, -0.15) is 0 Å². The largest absolute Gasteiger partial charge is 0.454 e. The van der Waals surface area contributed by atoms with Crippen molar-refractivity contribution in [2.24, 2.45) is 0 Å². The lowest BCUT2D eigenvalue weighted by Crippen LogP contribution is -1.98. The number of hydrogen-bond donors (Lipinski definition) is 2. The fourth-order valence-corrected chi connectivity index (χ4v) is 1.91. The molecular weight excluding hydrogens is 259 g/mol. The molecule has 0 amide bonds. The Morgan fingerprint density at radius 3 is 2.55 bits per heavy atom. The average molecular weight is 276 g/mol. The summed E-state index contributed by atoms with van der Waals surface area (Å²) >= 11 is 0. The van der Waals surface area contributed by atoms with Gasteiger partial charge >= 0.3 is 0 Å². The van der Waals surface area contributed by atoms with Crippen LogP contribution < -0.4 is 4.74 Å². The standard InChI is InChI=1S/C16H17FO3/c1-11(19)13-6-7-16(14(17)10-13)20-15-5-3-2-4-12(15)8-9-18/h2-7,10-11,18-19H,8-9H2,1H3/t11-/m0/s1. The Hall–Kier alpha value is -1.91. The molecule has 106 valence electrons. The van der Waals surface area contributed by atoms with Crippen LogP contribution in [0, 0.1) is 5.82 Å². The zero-order valence-corrected chi connectivity index (χ0v) is 11.2. The molecular formula is C16H17FO3. The molecule has 2 rings (SSSR count). The third-order valence-electron chi connectivity index (χ3n) is 3.01. The highest BCUT2D eigenvalue weighted by atomic mass is 19.1. The van der Waals surface area contributed by atoms with Crippen molar-refractivity contribution in [3.8, 4) is 11.5 Å². The van der Waals surface area contributed by atoms with E-state index in [0.29, 0.717) is 17.7 Å². The number of para-hydroxylation sites is 1. The van der Waals surface area contributed by atoms with Gasteiger partial charge in [-0.1, -0.05) is 24.3 Å². The second-order valence-corrected chi connectivity index (χ2v) is 4.55. The number of aliphatic hydroxyl groups excluding tert-OH is 2. The lowest BCUT2D eigenvalue weighted by Gasteiger charge is -2.12. The van der Waals surface area contributed by atoms with Gasteiger partial charge in [0.1, 0.15) is 5.75 Å². The van der Waals surface area contributed by atoms with E-state index in [1.807, 2.05) is 12.1 Å². The summed E-state index contributed by atoms with van der Waals surface area (Å²) in [5, 5.41) is 18.4. The Morgan fingerprint density at radius 2 is 1.90 bits per heavy atom. The van der Waals surface area contributed by atoms with E-state index in [-0.39, 0.29) is 12.4 Å². The van der Waals surface area contributed by atoms with Crippen LogP contribution in [0.15, 0.2) is 42.5 Å². The molecule has 0 radical (unpaired) electrons. The first-order valence-electron chi connectivity index (χ1n) is 6.46. The van der Waals surface area contributed by atoms with Gasteiger partial charge in [0.25, 0.3) is 0 Å². The number of rotatable bonds is 5. The molecule has 20 heavy (non-hydrogen) atoms. The second-order valence-electron chi connectivity index (χ2n) is 4.55. The highest BCUT2D eigenvalue weighted by molar-refractivity contribution is 5.39. The number of hydrogen-bond acceptors (Lipinski definition) is 3. The van der Waals surface area contributed by atoms with Crippen molar-refractivity contribution in [3.05, 3.63) is 59.4 Å². The normalized spacial score (nSPS) is 12.2. The Balaban J connectivity index is 2.26. The Morgan fingerprint density at radius 1 is 1.15 bits per heavy atom. The van der Waals surface area contributed by atoms with Gasteiger partial charge in [-0.05, 0) is 42.7 Å². The summed E-state index contributed by atoms with van der Waals surface area (Å²) in [5.74, 6) is 0.0900. The van der Waals surface area contributed by atoms with Gasteiger partial charge in [-0.3, -0.25) is 0 Å². The van der Waals surface area contributed by atoms with Crippen molar-refractivity contribution in [1.82, 2.24) is 0 Å². The van der Waals surface area contributed by atoms with Crippen LogP contribution in [-0.4, -0.2) is 16.8 Å². The quantitative estimate of drug-likeness (QED) is 0.881. The molecule has 1 atom stereocenters. The third-order valence-corrected chi connectivity index (χ3v) is 3.01. The summed E-state index contributed by atoms with van der Waals surface area (Å²) in [4.78, 5) is 0. The summed E-state index contributed by atoms with van der Waals surface area (Å²) in [7, 11) is 0. The SMILES string of the molecule is C[C@H](O)c1ccc(Oc2ccccc2CCO)c(F)c1. The zero-order valence-electron chi connectivity index (χ0n) is 11.2. The van der Waals surface area contributed by atoms with Crippen molar-refractivity contribution in [3.63, 3.8) is 0 Å². The zero-order chi connectivity index (χ0) is 14.5. The van der Waals surface area contributed by atoms with E-state index in [1.165, 1.54) is 12.1 Å². The van der Waals surface area contributed by atoms with E-state index in [2.05, 4.69) is 0 Å². The highest BCUT2D eigenvalue weighted by Gasteiger charge is 2.10. The Labute approximate surface area is 117 Å².